The minimum absolute atomic E-state index is 0.241. The molecule has 1 N–H and O–H groups in total. The average molecular weight is 263 g/mol. The first-order chi connectivity index (χ1) is 8.90. The molecule has 1 rings (SSSR count). The summed E-state index contributed by atoms with van der Waals surface area (Å²) in [5.74, 6) is -0.241. The summed E-state index contributed by atoms with van der Waals surface area (Å²) in [5, 5.41) is 2.62. The number of amides is 1. The molecule has 0 radical (unpaired) electrons. The molecule has 0 bridgehead atoms. The lowest BCUT2D eigenvalue weighted by Crippen LogP contribution is -2.36. The SMILES string of the molecule is CC(C)(C)OC(=O)NC[C@H](C=O)Cc1ccccc1. The number of benzene rings is 1. The molecule has 0 spiro atoms. The monoisotopic (exact) mass is 263 g/mol. The molecule has 104 valence electrons. The standard InChI is InChI=1S/C15H21NO3/c1-15(2,3)19-14(18)16-10-13(11-17)9-12-7-5-4-6-8-12/h4-8,11,13H,9-10H2,1-3H3,(H,16,18)/t13-/m1/s1. The lowest BCUT2D eigenvalue weighted by molar-refractivity contribution is -0.110. The van der Waals surface area contributed by atoms with Gasteiger partial charge in [0.05, 0.1) is 0 Å². The fourth-order valence-electron chi connectivity index (χ4n) is 1.61. The highest BCUT2D eigenvalue weighted by Gasteiger charge is 2.17. The maximum atomic E-state index is 11.5. The van der Waals surface area contributed by atoms with Crippen molar-refractivity contribution in [3.63, 3.8) is 0 Å². The number of alkyl carbamates (subject to hydrolysis) is 1. The Hall–Kier alpha value is -1.84. The summed E-state index contributed by atoms with van der Waals surface area (Å²) >= 11 is 0. The zero-order valence-corrected chi connectivity index (χ0v) is 11.7. The third kappa shape index (κ3) is 6.60. The molecule has 0 aliphatic carbocycles. The van der Waals surface area contributed by atoms with Crippen molar-refractivity contribution in [1.82, 2.24) is 5.32 Å². The molecule has 19 heavy (non-hydrogen) atoms. The van der Waals surface area contributed by atoms with Crippen molar-refractivity contribution in [3.05, 3.63) is 35.9 Å². The molecule has 0 unspecified atom stereocenters. The lowest BCUT2D eigenvalue weighted by atomic mass is 10.0. The molecule has 1 aromatic rings. The minimum Gasteiger partial charge on any atom is -0.444 e. The van der Waals surface area contributed by atoms with E-state index in [1.165, 1.54) is 0 Å². The molecule has 0 aliphatic rings. The van der Waals surface area contributed by atoms with Crippen molar-refractivity contribution >= 4 is 12.4 Å². The van der Waals surface area contributed by atoms with Crippen molar-refractivity contribution in [2.75, 3.05) is 6.54 Å². The van der Waals surface area contributed by atoms with Gasteiger partial charge in [-0.3, -0.25) is 0 Å². The number of carbonyl (C=O) groups excluding carboxylic acids is 2. The molecule has 0 aromatic heterocycles. The maximum absolute atomic E-state index is 11.5. The largest absolute Gasteiger partial charge is 0.444 e. The van der Waals surface area contributed by atoms with Gasteiger partial charge in [0.25, 0.3) is 0 Å². The van der Waals surface area contributed by atoms with Gasteiger partial charge in [0.15, 0.2) is 0 Å². The van der Waals surface area contributed by atoms with Crippen molar-refractivity contribution in [3.8, 4) is 0 Å². The Bertz CT molecular complexity index is 409. The second kappa shape index (κ2) is 6.92. The summed E-state index contributed by atoms with van der Waals surface area (Å²) in [6.45, 7) is 5.68. The zero-order chi connectivity index (χ0) is 14.3. The molecule has 0 heterocycles. The first-order valence-corrected chi connectivity index (χ1v) is 6.37. The summed E-state index contributed by atoms with van der Waals surface area (Å²) in [6, 6.07) is 9.71. The topological polar surface area (TPSA) is 55.4 Å². The van der Waals surface area contributed by atoms with E-state index in [0.717, 1.165) is 11.8 Å². The lowest BCUT2D eigenvalue weighted by Gasteiger charge is -2.20. The van der Waals surface area contributed by atoms with Gasteiger partial charge < -0.3 is 14.8 Å². The molecule has 1 amide bonds. The molecule has 0 fully saturated rings. The van der Waals surface area contributed by atoms with Gasteiger partial charge in [0, 0.05) is 12.5 Å². The second-order valence-corrected chi connectivity index (χ2v) is 5.47. The van der Waals surface area contributed by atoms with Gasteiger partial charge >= 0.3 is 6.09 Å². The van der Waals surface area contributed by atoms with E-state index in [9.17, 15) is 9.59 Å². The highest BCUT2D eigenvalue weighted by atomic mass is 16.6. The highest BCUT2D eigenvalue weighted by Crippen LogP contribution is 2.08. The number of ether oxygens (including phenoxy) is 1. The Morgan fingerprint density at radius 1 is 1.32 bits per heavy atom. The van der Waals surface area contributed by atoms with Crippen LogP contribution in [0.3, 0.4) is 0 Å². The molecule has 4 nitrogen and oxygen atoms in total. The number of carbonyl (C=O) groups is 2. The van der Waals surface area contributed by atoms with E-state index in [4.69, 9.17) is 4.74 Å². The quantitative estimate of drug-likeness (QED) is 0.831. The zero-order valence-electron chi connectivity index (χ0n) is 11.7. The van der Waals surface area contributed by atoms with Crippen LogP contribution >= 0.6 is 0 Å². The van der Waals surface area contributed by atoms with E-state index < -0.39 is 11.7 Å². The Labute approximate surface area is 114 Å². The summed E-state index contributed by atoms with van der Waals surface area (Å²) < 4.78 is 5.12. The van der Waals surface area contributed by atoms with Crippen LogP contribution in [-0.4, -0.2) is 24.5 Å². The van der Waals surface area contributed by atoms with Crippen LogP contribution in [0.4, 0.5) is 4.79 Å². The summed E-state index contributed by atoms with van der Waals surface area (Å²) in [5.41, 5.74) is 0.547. The number of hydrogen-bond donors (Lipinski definition) is 1. The van der Waals surface area contributed by atoms with Gasteiger partial charge in [-0.15, -0.1) is 0 Å². The van der Waals surface area contributed by atoms with Crippen LogP contribution in [0, 0.1) is 5.92 Å². The van der Waals surface area contributed by atoms with Crippen molar-refractivity contribution in [1.29, 1.82) is 0 Å². The number of hydrogen-bond acceptors (Lipinski definition) is 3. The Morgan fingerprint density at radius 2 is 1.95 bits per heavy atom. The first-order valence-electron chi connectivity index (χ1n) is 6.37. The molecule has 1 atom stereocenters. The van der Waals surface area contributed by atoms with Crippen molar-refractivity contribution in [2.45, 2.75) is 32.8 Å². The molecule has 1 aromatic carbocycles. The molecule has 0 aliphatic heterocycles. The molecular formula is C15H21NO3. The van der Waals surface area contributed by atoms with E-state index in [-0.39, 0.29) is 12.5 Å². The normalized spacial score (nSPS) is 12.6. The number of rotatable bonds is 5. The van der Waals surface area contributed by atoms with E-state index in [0.29, 0.717) is 6.42 Å². The van der Waals surface area contributed by atoms with Gasteiger partial charge in [-0.2, -0.15) is 0 Å². The van der Waals surface area contributed by atoms with Crippen LogP contribution in [0.15, 0.2) is 30.3 Å². The predicted octanol–water partition coefficient (Wildman–Crippen LogP) is 2.57. The number of aldehydes is 1. The van der Waals surface area contributed by atoms with Crippen LogP contribution in [-0.2, 0) is 16.0 Å². The van der Waals surface area contributed by atoms with E-state index in [1.807, 2.05) is 30.3 Å². The van der Waals surface area contributed by atoms with E-state index in [2.05, 4.69) is 5.32 Å². The van der Waals surface area contributed by atoms with Crippen molar-refractivity contribution in [2.24, 2.45) is 5.92 Å². The molecule has 0 saturated heterocycles. The third-order valence-electron chi connectivity index (χ3n) is 2.44. The van der Waals surface area contributed by atoms with Gasteiger partial charge in [0.2, 0.25) is 0 Å². The smallest absolute Gasteiger partial charge is 0.407 e. The third-order valence-corrected chi connectivity index (χ3v) is 2.44. The summed E-state index contributed by atoms with van der Waals surface area (Å²) in [6.07, 6.45) is 0.984. The average Bonchev–Trinajstić information content (AvgIpc) is 2.33. The maximum Gasteiger partial charge on any atom is 0.407 e. The highest BCUT2D eigenvalue weighted by molar-refractivity contribution is 5.68. The second-order valence-electron chi connectivity index (χ2n) is 5.47. The van der Waals surface area contributed by atoms with Crippen LogP contribution in [0.1, 0.15) is 26.3 Å². The first kappa shape index (κ1) is 15.2. The van der Waals surface area contributed by atoms with Gasteiger partial charge in [0.1, 0.15) is 11.9 Å². The molecule has 4 heteroatoms. The van der Waals surface area contributed by atoms with Crippen molar-refractivity contribution < 1.29 is 14.3 Å². The predicted molar refractivity (Wildman–Crippen MR) is 73.9 cm³/mol. The van der Waals surface area contributed by atoms with Crippen LogP contribution < -0.4 is 5.32 Å². The Kier molecular flexibility index (Phi) is 5.55. The minimum atomic E-state index is -0.528. The van der Waals surface area contributed by atoms with Crippen LogP contribution in [0.25, 0.3) is 0 Å². The van der Waals surface area contributed by atoms with Crippen LogP contribution in [0.2, 0.25) is 0 Å². The fraction of sp³-hybridized carbons (Fsp3) is 0.467. The molecular weight excluding hydrogens is 242 g/mol. The van der Waals surface area contributed by atoms with Gasteiger partial charge in [-0.05, 0) is 32.8 Å². The van der Waals surface area contributed by atoms with E-state index >= 15 is 0 Å². The Morgan fingerprint density at radius 3 is 2.47 bits per heavy atom. The fourth-order valence-corrected chi connectivity index (χ4v) is 1.61. The summed E-state index contributed by atoms with van der Waals surface area (Å²) in [4.78, 5) is 22.5. The van der Waals surface area contributed by atoms with Gasteiger partial charge in [-0.25, -0.2) is 4.79 Å². The Balaban J connectivity index is 2.41. The van der Waals surface area contributed by atoms with E-state index in [1.54, 1.807) is 20.8 Å². The molecule has 0 saturated carbocycles. The van der Waals surface area contributed by atoms with Gasteiger partial charge in [-0.1, -0.05) is 30.3 Å². The number of nitrogens with one attached hydrogen (secondary N) is 1. The van der Waals surface area contributed by atoms with Crippen LogP contribution in [0.5, 0.6) is 0 Å². The summed E-state index contributed by atoms with van der Waals surface area (Å²) in [7, 11) is 0.